The zero-order valence-electron chi connectivity index (χ0n) is 13.8. The summed E-state index contributed by atoms with van der Waals surface area (Å²) in [5, 5.41) is 22.9. The Morgan fingerprint density at radius 3 is 2.35 bits per heavy atom. The minimum absolute atomic E-state index is 0.0293. The quantitative estimate of drug-likeness (QED) is 0.208. The van der Waals surface area contributed by atoms with Crippen LogP contribution in [0.4, 0.5) is 0 Å². The van der Waals surface area contributed by atoms with Crippen molar-refractivity contribution in [1.29, 1.82) is 0 Å². The number of aliphatic carboxylic acids is 1. The van der Waals surface area contributed by atoms with Gasteiger partial charge in [0.15, 0.2) is 0 Å². The number of carbonyl (C=O) groups is 4. The normalized spacial score (nSPS) is 14.1. The third-order valence-corrected chi connectivity index (χ3v) is 3.45. The van der Waals surface area contributed by atoms with E-state index in [-0.39, 0.29) is 19.3 Å². The van der Waals surface area contributed by atoms with E-state index < -0.39 is 48.4 Å². The lowest BCUT2D eigenvalue weighted by atomic mass is 10.1. The molecule has 0 aliphatic heterocycles. The lowest BCUT2D eigenvalue weighted by Crippen LogP contribution is -2.56. The second kappa shape index (κ2) is 10.1. The van der Waals surface area contributed by atoms with Gasteiger partial charge in [-0.25, -0.2) is 9.78 Å². The number of hydrogen-bond donors (Lipinski definition) is 7. The molecule has 1 aromatic rings. The number of nitrogens with zero attached hydrogens (tertiary/aromatic N) is 1. The molecule has 12 heteroatoms. The zero-order chi connectivity index (χ0) is 19.7. The van der Waals surface area contributed by atoms with Gasteiger partial charge in [-0.05, 0) is 6.42 Å². The molecule has 144 valence electrons. The smallest absolute Gasteiger partial charge is 0.326 e. The van der Waals surface area contributed by atoms with Gasteiger partial charge in [0.2, 0.25) is 17.7 Å². The highest BCUT2D eigenvalue weighted by Crippen LogP contribution is 2.00. The average molecular weight is 370 g/mol. The fraction of sp³-hybridized carbons (Fsp3) is 0.500. The SMILES string of the molecule is NC(=O)CCC(N)C(=O)NC(CO)C(=O)NC(Cc1cnc[nH]1)C(=O)O. The number of carboxylic acid groups (broad SMARTS) is 1. The zero-order valence-corrected chi connectivity index (χ0v) is 13.8. The maximum Gasteiger partial charge on any atom is 0.326 e. The van der Waals surface area contributed by atoms with Gasteiger partial charge in [-0.1, -0.05) is 0 Å². The van der Waals surface area contributed by atoms with Crippen LogP contribution in [0.5, 0.6) is 0 Å². The summed E-state index contributed by atoms with van der Waals surface area (Å²) in [6, 6.07) is -3.80. The highest BCUT2D eigenvalue weighted by atomic mass is 16.4. The number of aliphatic hydroxyl groups is 1. The van der Waals surface area contributed by atoms with Crippen LogP contribution < -0.4 is 22.1 Å². The number of carboxylic acids is 1. The van der Waals surface area contributed by atoms with E-state index in [1.807, 2.05) is 0 Å². The Kier molecular flexibility index (Phi) is 8.18. The van der Waals surface area contributed by atoms with Crippen LogP contribution in [-0.2, 0) is 25.6 Å². The molecule has 0 saturated heterocycles. The largest absolute Gasteiger partial charge is 0.480 e. The van der Waals surface area contributed by atoms with E-state index in [2.05, 4.69) is 20.6 Å². The molecular formula is C14H22N6O6. The van der Waals surface area contributed by atoms with Crippen LogP contribution >= 0.6 is 0 Å². The molecule has 0 spiro atoms. The van der Waals surface area contributed by atoms with Crippen LogP contribution in [0.3, 0.4) is 0 Å². The third kappa shape index (κ3) is 6.86. The van der Waals surface area contributed by atoms with Gasteiger partial charge in [0.25, 0.3) is 0 Å². The van der Waals surface area contributed by atoms with Gasteiger partial charge in [-0.3, -0.25) is 14.4 Å². The number of rotatable bonds is 11. The number of nitrogens with one attached hydrogen (secondary N) is 3. The molecule has 0 aromatic carbocycles. The van der Waals surface area contributed by atoms with Crippen LogP contribution in [0.25, 0.3) is 0 Å². The van der Waals surface area contributed by atoms with Gasteiger partial charge in [0, 0.05) is 24.7 Å². The topological polar surface area (TPSA) is 214 Å². The molecule has 0 aliphatic carbocycles. The number of primary amides is 1. The number of amides is 3. The summed E-state index contributed by atoms with van der Waals surface area (Å²) in [5.41, 5.74) is 11.0. The van der Waals surface area contributed by atoms with E-state index in [0.29, 0.717) is 5.69 Å². The molecule has 1 aromatic heterocycles. The van der Waals surface area contributed by atoms with Gasteiger partial charge in [0.05, 0.1) is 19.0 Å². The van der Waals surface area contributed by atoms with Crippen molar-refractivity contribution >= 4 is 23.7 Å². The van der Waals surface area contributed by atoms with Crippen LogP contribution in [0, 0.1) is 0 Å². The van der Waals surface area contributed by atoms with E-state index in [1.165, 1.54) is 12.5 Å². The van der Waals surface area contributed by atoms with Gasteiger partial charge >= 0.3 is 5.97 Å². The van der Waals surface area contributed by atoms with Crippen LogP contribution in [0.1, 0.15) is 18.5 Å². The number of hydrogen-bond acceptors (Lipinski definition) is 7. The van der Waals surface area contributed by atoms with Crippen molar-refractivity contribution in [2.45, 2.75) is 37.4 Å². The van der Waals surface area contributed by atoms with E-state index >= 15 is 0 Å². The highest BCUT2D eigenvalue weighted by molar-refractivity contribution is 5.92. The standard InChI is InChI=1S/C14H22N6O6/c15-8(1-2-11(16)22)12(23)20-10(5-21)13(24)19-9(14(25)26)3-7-4-17-6-18-7/h4,6,8-10,21H,1-3,5,15H2,(H2,16,22)(H,17,18)(H,19,24)(H,20,23)(H,25,26). The van der Waals surface area contributed by atoms with Crippen molar-refractivity contribution in [2.24, 2.45) is 11.5 Å². The number of aliphatic hydroxyl groups excluding tert-OH is 1. The molecule has 3 atom stereocenters. The molecule has 0 fully saturated rings. The van der Waals surface area contributed by atoms with Crippen molar-refractivity contribution in [3.8, 4) is 0 Å². The van der Waals surface area contributed by atoms with E-state index in [4.69, 9.17) is 11.5 Å². The molecule has 1 heterocycles. The fourth-order valence-electron chi connectivity index (χ4n) is 1.99. The maximum atomic E-state index is 12.2. The predicted octanol–water partition coefficient (Wildman–Crippen LogP) is -3.41. The fourth-order valence-corrected chi connectivity index (χ4v) is 1.99. The summed E-state index contributed by atoms with van der Waals surface area (Å²) in [7, 11) is 0. The van der Waals surface area contributed by atoms with E-state index in [0.717, 1.165) is 0 Å². The lowest BCUT2D eigenvalue weighted by molar-refractivity contribution is -0.142. The van der Waals surface area contributed by atoms with Crippen LogP contribution in [0.15, 0.2) is 12.5 Å². The first-order valence-corrected chi connectivity index (χ1v) is 7.70. The second-order valence-electron chi connectivity index (χ2n) is 5.54. The summed E-state index contributed by atoms with van der Waals surface area (Å²) >= 11 is 0. The third-order valence-electron chi connectivity index (χ3n) is 3.45. The first-order chi connectivity index (χ1) is 12.2. The monoisotopic (exact) mass is 370 g/mol. The predicted molar refractivity (Wildman–Crippen MR) is 87.3 cm³/mol. The number of nitrogens with two attached hydrogens (primary N) is 2. The Hall–Kier alpha value is -2.99. The molecule has 12 nitrogen and oxygen atoms in total. The summed E-state index contributed by atoms with van der Waals surface area (Å²) < 4.78 is 0. The second-order valence-corrected chi connectivity index (χ2v) is 5.54. The summed E-state index contributed by atoms with van der Waals surface area (Å²) in [6.45, 7) is -0.767. The molecule has 9 N–H and O–H groups in total. The minimum atomic E-state index is -1.40. The lowest BCUT2D eigenvalue weighted by Gasteiger charge is -2.21. The van der Waals surface area contributed by atoms with Crippen molar-refractivity contribution < 1.29 is 29.4 Å². The number of imidazole rings is 1. The summed E-state index contributed by atoms with van der Waals surface area (Å²) in [6.07, 6.45) is 2.56. The van der Waals surface area contributed by atoms with Crippen molar-refractivity contribution in [2.75, 3.05) is 6.61 Å². The van der Waals surface area contributed by atoms with Crippen LogP contribution in [0.2, 0.25) is 0 Å². The Bertz CT molecular complexity index is 634. The molecule has 3 amide bonds. The van der Waals surface area contributed by atoms with Crippen molar-refractivity contribution in [3.05, 3.63) is 18.2 Å². The average Bonchev–Trinajstić information content (AvgIpc) is 3.09. The van der Waals surface area contributed by atoms with E-state index in [1.54, 1.807) is 0 Å². The number of aromatic nitrogens is 2. The number of aromatic amines is 1. The minimum Gasteiger partial charge on any atom is -0.480 e. The van der Waals surface area contributed by atoms with Gasteiger partial charge in [0.1, 0.15) is 12.1 Å². The Labute approximate surface area is 148 Å². The molecule has 0 aliphatic rings. The number of H-pyrrole nitrogens is 1. The van der Waals surface area contributed by atoms with E-state index in [9.17, 15) is 29.4 Å². The molecule has 3 unspecified atom stereocenters. The van der Waals surface area contributed by atoms with Gasteiger partial charge in [-0.15, -0.1) is 0 Å². The maximum absolute atomic E-state index is 12.2. The summed E-state index contributed by atoms with van der Waals surface area (Å²) in [4.78, 5) is 52.5. The molecule has 1 rings (SSSR count). The van der Waals surface area contributed by atoms with Crippen LogP contribution in [-0.4, -0.2) is 68.6 Å². The molecule has 0 saturated carbocycles. The van der Waals surface area contributed by atoms with Gasteiger partial charge in [-0.2, -0.15) is 0 Å². The number of carbonyl (C=O) groups excluding carboxylic acids is 3. The van der Waals surface area contributed by atoms with Gasteiger partial charge < -0.3 is 37.3 Å². The highest BCUT2D eigenvalue weighted by Gasteiger charge is 2.28. The Morgan fingerprint density at radius 1 is 1.19 bits per heavy atom. The molecule has 0 bridgehead atoms. The Morgan fingerprint density at radius 2 is 1.85 bits per heavy atom. The Balaban J connectivity index is 2.64. The molecule has 0 radical (unpaired) electrons. The molecule has 26 heavy (non-hydrogen) atoms. The van der Waals surface area contributed by atoms with Crippen molar-refractivity contribution in [3.63, 3.8) is 0 Å². The first-order valence-electron chi connectivity index (χ1n) is 7.70. The first kappa shape index (κ1) is 21.1. The van der Waals surface area contributed by atoms with Crippen molar-refractivity contribution in [1.82, 2.24) is 20.6 Å². The molecular weight excluding hydrogens is 348 g/mol. The summed E-state index contributed by atoms with van der Waals surface area (Å²) in [5.74, 6) is -3.60.